The Kier molecular flexibility index (Phi) is 3.17. The standard InChI is InChI=1S/C11H18N2O2S/c12-9(16)11(5-6-11)10(15)13-7-1-3-8(14)4-2-7/h7-8,14H,1-6H2,(H2,12,16)(H,13,15). The number of nitrogens with one attached hydrogen (secondary N) is 1. The van der Waals surface area contributed by atoms with Crippen LogP contribution in [0.5, 0.6) is 0 Å². The Morgan fingerprint density at radius 3 is 2.31 bits per heavy atom. The van der Waals surface area contributed by atoms with Crippen molar-refractivity contribution in [3.8, 4) is 0 Å². The van der Waals surface area contributed by atoms with E-state index in [0.29, 0.717) is 4.99 Å². The highest BCUT2D eigenvalue weighted by Gasteiger charge is 2.53. The fourth-order valence-corrected chi connectivity index (χ4v) is 2.55. The van der Waals surface area contributed by atoms with Gasteiger partial charge in [0.05, 0.1) is 16.5 Å². The summed E-state index contributed by atoms with van der Waals surface area (Å²) in [6, 6.07) is 0.183. The average molecular weight is 242 g/mol. The fourth-order valence-electron chi connectivity index (χ4n) is 2.25. The molecule has 90 valence electrons. The monoisotopic (exact) mass is 242 g/mol. The topological polar surface area (TPSA) is 75.4 Å². The van der Waals surface area contributed by atoms with Crippen LogP contribution in [0.3, 0.4) is 0 Å². The van der Waals surface area contributed by atoms with Gasteiger partial charge in [-0.15, -0.1) is 0 Å². The molecule has 0 radical (unpaired) electrons. The van der Waals surface area contributed by atoms with Gasteiger partial charge in [0.2, 0.25) is 5.91 Å². The molecule has 0 atom stereocenters. The molecule has 2 saturated carbocycles. The van der Waals surface area contributed by atoms with E-state index in [2.05, 4.69) is 5.32 Å². The summed E-state index contributed by atoms with van der Waals surface area (Å²) in [6.45, 7) is 0. The third-order valence-corrected chi connectivity index (χ3v) is 4.08. The van der Waals surface area contributed by atoms with Gasteiger partial charge >= 0.3 is 0 Å². The second kappa shape index (κ2) is 4.30. The summed E-state index contributed by atoms with van der Waals surface area (Å²) in [7, 11) is 0. The first kappa shape index (κ1) is 11.8. The lowest BCUT2D eigenvalue weighted by atomic mass is 9.92. The molecule has 0 aromatic heterocycles. The minimum atomic E-state index is -0.550. The molecule has 4 N–H and O–H groups in total. The molecule has 16 heavy (non-hydrogen) atoms. The Balaban J connectivity index is 1.86. The van der Waals surface area contributed by atoms with E-state index in [0.717, 1.165) is 38.5 Å². The van der Waals surface area contributed by atoms with Crippen LogP contribution in [0.2, 0.25) is 0 Å². The Morgan fingerprint density at radius 2 is 1.88 bits per heavy atom. The maximum absolute atomic E-state index is 12.0. The summed E-state index contributed by atoms with van der Waals surface area (Å²) < 4.78 is 0. The van der Waals surface area contributed by atoms with Gasteiger partial charge in [0.15, 0.2) is 0 Å². The summed E-state index contributed by atoms with van der Waals surface area (Å²) in [4.78, 5) is 12.3. The lowest BCUT2D eigenvalue weighted by Gasteiger charge is -2.27. The molecular formula is C11H18N2O2S. The van der Waals surface area contributed by atoms with E-state index in [-0.39, 0.29) is 18.1 Å². The van der Waals surface area contributed by atoms with Crippen LogP contribution in [-0.4, -0.2) is 28.1 Å². The number of aliphatic hydroxyl groups is 1. The number of carbonyl (C=O) groups is 1. The number of hydrogen-bond donors (Lipinski definition) is 3. The fraction of sp³-hybridized carbons (Fsp3) is 0.818. The van der Waals surface area contributed by atoms with Crippen molar-refractivity contribution in [2.24, 2.45) is 11.1 Å². The van der Waals surface area contributed by atoms with Crippen molar-refractivity contribution in [2.45, 2.75) is 50.7 Å². The van der Waals surface area contributed by atoms with Crippen LogP contribution in [0.15, 0.2) is 0 Å². The summed E-state index contributed by atoms with van der Waals surface area (Å²) in [5.74, 6) is -0.0126. The molecule has 0 aromatic rings. The third kappa shape index (κ3) is 2.20. The molecule has 1 amide bonds. The van der Waals surface area contributed by atoms with E-state index in [1.165, 1.54) is 0 Å². The summed E-state index contributed by atoms with van der Waals surface area (Å²) in [6.07, 6.45) is 4.60. The molecule has 0 spiro atoms. The number of carbonyl (C=O) groups excluding carboxylic acids is 1. The number of rotatable bonds is 3. The maximum Gasteiger partial charge on any atom is 0.233 e. The van der Waals surface area contributed by atoms with E-state index in [1.807, 2.05) is 0 Å². The van der Waals surface area contributed by atoms with Gasteiger partial charge in [0.25, 0.3) is 0 Å². The first-order valence-electron chi connectivity index (χ1n) is 5.83. The number of hydrogen-bond acceptors (Lipinski definition) is 3. The van der Waals surface area contributed by atoms with Crippen molar-refractivity contribution in [1.29, 1.82) is 0 Å². The van der Waals surface area contributed by atoms with Gasteiger partial charge in [-0.3, -0.25) is 4.79 Å². The van der Waals surface area contributed by atoms with Crippen LogP contribution in [-0.2, 0) is 4.79 Å². The molecule has 0 saturated heterocycles. The van der Waals surface area contributed by atoms with Crippen molar-refractivity contribution in [3.63, 3.8) is 0 Å². The van der Waals surface area contributed by atoms with Crippen LogP contribution in [0.1, 0.15) is 38.5 Å². The second-order valence-corrected chi connectivity index (χ2v) is 5.37. The molecule has 2 rings (SSSR count). The van der Waals surface area contributed by atoms with Crippen LogP contribution < -0.4 is 11.1 Å². The highest BCUT2D eigenvalue weighted by molar-refractivity contribution is 7.80. The molecule has 5 heteroatoms. The molecule has 2 fully saturated rings. The molecule has 0 aromatic carbocycles. The van der Waals surface area contributed by atoms with Crippen molar-refractivity contribution in [2.75, 3.05) is 0 Å². The largest absolute Gasteiger partial charge is 0.393 e. The van der Waals surface area contributed by atoms with E-state index in [1.54, 1.807) is 0 Å². The number of thiocarbonyl (C=S) groups is 1. The SMILES string of the molecule is NC(=S)C1(C(=O)NC2CCC(O)CC2)CC1. The maximum atomic E-state index is 12.0. The predicted octanol–water partition coefficient (Wildman–Crippen LogP) is 0.472. The average Bonchev–Trinajstić information content (AvgIpc) is 3.02. The van der Waals surface area contributed by atoms with Crippen molar-refractivity contribution in [1.82, 2.24) is 5.32 Å². The number of aliphatic hydroxyl groups excluding tert-OH is 1. The zero-order valence-corrected chi connectivity index (χ0v) is 10.1. The van der Waals surface area contributed by atoms with E-state index >= 15 is 0 Å². The minimum Gasteiger partial charge on any atom is -0.393 e. The molecule has 2 aliphatic rings. The molecular weight excluding hydrogens is 224 g/mol. The summed E-state index contributed by atoms with van der Waals surface area (Å²) in [5, 5.41) is 12.4. The number of nitrogens with two attached hydrogens (primary N) is 1. The van der Waals surface area contributed by atoms with Crippen LogP contribution >= 0.6 is 12.2 Å². The van der Waals surface area contributed by atoms with Crippen molar-refractivity contribution < 1.29 is 9.90 Å². The summed E-state index contributed by atoms with van der Waals surface area (Å²) >= 11 is 4.93. The second-order valence-electron chi connectivity index (χ2n) is 4.93. The third-order valence-electron chi connectivity index (χ3n) is 3.69. The van der Waals surface area contributed by atoms with Gasteiger partial charge in [-0.1, -0.05) is 12.2 Å². The quantitative estimate of drug-likeness (QED) is 0.629. The van der Waals surface area contributed by atoms with Gasteiger partial charge in [0, 0.05) is 6.04 Å². The minimum absolute atomic E-state index is 0.0126. The zero-order valence-electron chi connectivity index (χ0n) is 9.24. The van der Waals surface area contributed by atoms with E-state index < -0.39 is 5.41 Å². The van der Waals surface area contributed by atoms with Crippen LogP contribution in [0.4, 0.5) is 0 Å². The first-order valence-corrected chi connectivity index (χ1v) is 6.24. The van der Waals surface area contributed by atoms with Gasteiger partial charge in [-0.05, 0) is 38.5 Å². The smallest absolute Gasteiger partial charge is 0.233 e. The van der Waals surface area contributed by atoms with Gasteiger partial charge in [-0.25, -0.2) is 0 Å². The predicted molar refractivity (Wildman–Crippen MR) is 64.9 cm³/mol. The first-order chi connectivity index (χ1) is 7.54. The summed E-state index contributed by atoms with van der Waals surface area (Å²) in [5.41, 5.74) is 5.04. The molecule has 0 bridgehead atoms. The van der Waals surface area contributed by atoms with E-state index in [4.69, 9.17) is 18.0 Å². The van der Waals surface area contributed by atoms with Gasteiger partial charge in [0.1, 0.15) is 0 Å². The number of amides is 1. The van der Waals surface area contributed by atoms with Gasteiger partial charge in [-0.2, -0.15) is 0 Å². The highest BCUT2D eigenvalue weighted by atomic mass is 32.1. The molecule has 0 unspecified atom stereocenters. The van der Waals surface area contributed by atoms with Crippen molar-refractivity contribution in [3.05, 3.63) is 0 Å². The Hall–Kier alpha value is -0.680. The van der Waals surface area contributed by atoms with E-state index in [9.17, 15) is 9.90 Å². The normalized spacial score (nSPS) is 31.8. The Morgan fingerprint density at radius 1 is 1.31 bits per heavy atom. The Labute approximate surface area is 101 Å². The molecule has 4 nitrogen and oxygen atoms in total. The molecule has 0 aliphatic heterocycles. The van der Waals surface area contributed by atoms with Crippen LogP contribution in [0.25, 0.3) is 0 Å². The zero-order chi connectivity index (χ0) is 11.8. The highest BCUT2D eigenvalue weighted by Crippen LogP contribution is 2.46. The Bertz CT molecular complexity index is 307. The lowest BCUT2D eigenvalue weighted by molar-refractivity contribution is -0.125. The lowest BCUT2D eigenvalue weighted by Crippen LogP contribution is -2.45. The van der Waals surface area contributed by atoms with Crippen molar-refractivity contribution >= 4 is 23.1 Å². The van der Waals surface area contributed by atoms with Gasteiger partial charge < -0.3 is 16.2 Å². The molecule has 2 aliphatic carbocycles. The molecule has 0 heterocycles. The van der Waals surface area contributed by atoms with Crippen LogP contribution in [0, 0.1) is 5.41 Å².